The van der Waals surface area contributed by atoms with Crippen molar-refractivity contribution in [2.75, 3.05) is 0 Å². The molecule has 0 aromatic carbocycles. The van der Waals surface area contributed by atoms with Crippen LogP contribution in [-0.2, 0) is 0 Å². The van der Waals surface area contributed by atoms with Gasteiger partial charge in [-0.3, -0.25) is 0 Å². The normalized spacial score (nSPS) is 44.0. The van der Waals surface area contributed by atoms with E-state index < -0.39 is 0 Å². The maximum absolute atomic E-state index is 2.46. The molecular formula is C9H16. The summed E-state index contributed by atoms with van der Waals surface area (Å²) in [5.74, 6) is 0.917. The van der Waals surface area contributed by atoms with Crippen LogP contribution in [0.15, 0.2) is 0 Å². The third-order valence-electron chi connectivity index (χ3n) is 3.92. The van der Waals surface area contributed by atoms with Crippen molar-refractivity contribution in [3.63, 3.8) is 0 Å². The van der Waals surface area contributed by atoms with Crippen LogP contribution in [0.25, 0.3) is 0 Å². The van der Waals surface area contributed by atoms with E-state index in [1.165, 1.54) is 19.3 Å². The highest BCUT2D eigenvalue weighted by Gasteiger charge is 2.71. The molecule has 0 saturated heterocycles. The molecule has 0 aromatic heterocycles. The summed E-state index contributed by atoms with van der Waals surface area (Å²) >= 11 is 0. The van der Waals surface area contributed by atoms with Crippen molar-refractivity contribution >= 4 is 0 Å². The minimum Gasteiger partial charge on any atom is -0.0622 e. The SMILES string of the molecule is CC(C)C1(C)CC12CC2. The van der Waals surface area contributed by atoms with Gasteiger partial charge in [-0.05, 0) is 36.0 Å². The van der Waals surface area contributed by atoms with Crippen molar-refractivity contribution in [1.82, 2.24) is 0 Å². The minimum atomic E-state index is 0.757. The first-order valence-electron chi connectivity index (χ1n) is 4.11. The van der Waals surface area contributed by atoms with Gasteiger partial charge in [-0.15, -0.1) is 0 Å². The highest BCUT2D eigenvalue weighted by atomic mass is 14.8. The molecule has 0 radical (unpaired) electrons. The van der Waals surface area contributed by atoms with Gasteiger partial charge in [0.2, 0.25) is 0 Å². The Balaban J connectivity index is 2.12. The molecule has 2 aliphatic carbocycles. The van der Waals surface area contributed by atoms with Crippen molar-refractivity contribution < 1.29 is 0 Å². The molecule has 2 rings (SSSR count). The Hall–Kier alpha value is 0. The average molecular weight is 124 g/mol. The summed E-state index contributed by atoms with van der Waals surface area (Å²) in [6, 6.07) is 0. The van der Waals surface area contributed by atoms with E-state index in [4.69, 9.17) is 0 Å². The van der Waals surface area contributed by atoms with E-state index in [1.807, 2.05) is 0 Å². The molecule has 0 nitrogen and oxygen atoms in total. The van der Waals surface area contributed by atoms with Crippen LogP contribution in [0.2, 0.25) is 0 Å². The van der Waals surface area contributed by atoms with Crippen LogP contribution in [0.1, 0.15) is 40.0 Å². The molecule has 0 heteroatoms. The van der Waals surface area contributed by atoms with Crippen LogP contribution in [0.4, 0.5) is 0 Å². The maximum atomic E-state index is 2.46. The molecular weight excluding hydrogens is 108 g/mol. The van der Waals surface area contributed by atoms with Gasteiger partial charge >= 0.3 is 0 Å². The Morgan fingerprint density at radius 3 is 1.89 bits per heavy atom. The van der Waals surface area contributed by atoms with Crippen LogP contribution in [-0.4, -0.2) is 0 Å². The number of hydrogen-bond acceptors (Lipinski definition) is 0. The summed E-state index contributed by atoms with van der Waals surface area (Å²) in [5, 5.41) is 0. The van der Waals surface area contributed by atoms with Crippen molar-refractivity contribution in [1.29, 1.82) is 0 Å². The Kier molecular flexibility index (Phi) is 0.774. The molecule has 2 saturated carbocycles. The van der Waals surface area contributed by atoms with Gasteiger partial charge in [0, 0.05) is 0 Å². The van der Waals surface area contributed by atoms with E-state index in [0.717, 1.165) is 16.7 Å². The van der Waals surface area contributed by atoms with Gasteiger partial charge in [-0.1, -0.05) is 20.8 Å². The molecule has 0 amide bonds. The van der Waals surface area contributed by atoms with E-state index in [-0.39, 0.29) is 0 Å². The van der Waals surface area contributed by atoms with E-state index in [2.05, 4.69) is 20.8 Å². The fourth-order valence-corrected chi connectivity index (χ4v) is 2.37. The smallest absolute Gasteiger partial charge is 0.0235 e. The summed E-state index contributed by atoms with van der Waals surface area (Å²) in [5.41, 5.74) is 1.63. The predicted molar refractivity (Wildman–Crippen MR) is 39.2 cm³/mol. The minimum absolute atomic E-state index is 0.757. The van der Waals surface area contributed by atoms with Crippen LogP contribution in [0.5, 0.6) is 0 Å². The number of rotatable bonds is 1. The molecule has 1 spiro atoms. The van der Waals surface area contributed by atoms with Gasteiger partial charge in [0.05, 0.1) is 0 Å². The second-order valence-electron chi connectivity index (χ2n) is 4.53. The molecule has 9 heavy (non-hydrogen) atoms. The lowest BCUT2D eigenvalue weighted by Gasteiger charge is -2.14. The summed E-state index contributed by atoms with van der Waals surface area (Å²) < 4.78 is 0. The second-order valence-corrected chi connectivity index (χ2v) is 4.53. The summed E-state index contributed by atoms with van der Waals surface area (Å²) in [7, 11) is 0. The average Bonchev–Trinajstić information content (AvgIpc) is 2.56. The molecule has 1 unspecified atom stereocenters. The Labute approximate surface area is 57.6 Å². The molecule has 52 valence electrons. The summed E-state index contributed by atoms with van der Waals surface area (Å²) in [4.78, 5) is 0. The van der Waals surface area contributed by atoms with Crippen molar-refractivity contribution in [3.05, 3.63) is 0 Å². The molecule has 2 fully saturated rings. The van der Waals surface area contributed by atoms with Gasteiger partial charge in [0.25, 0.3) is 0 Å². The third kappa shape index (κ3) is 0.500. The zero-order valence-corrected chi connectivity index (χ0v) is 6.70. The van der Waals surface area contributed by atoms with Crippen molar-refractivity contribution in [3.8, 4) is 0 Å². The van der Waals surface area contributed by atoms with Gasteiger partial charge in [-0.2, -0.15) is 0 Å². The lowest BCUT2D eigenvalue weighted by molar-refractivity contribution is 0.350. The monoisotopic (exact) mass is 124 g/mol. The van der Waals surface area contributed by atoms with Crippen LogP contribution in [0, 0.1) is 16.7 Å². The van der Waals surface area contributed by atoms with Gasteiger partial charge in [0.15, 0.2) is 0 Å². The molecule has 0 N–H and O–H groups in total. The first kappa shape index (κ1) is 5.76. The molecule has 0 heterocycles. The zero-order chi connectivity index (χ0) is 6.70. The molecule has 0 aromatic rings. The van der Waals surface area contributed by atoms with Crippen molar-refractivity contribution in [2.45, 2.75) is 40.0 Å². The molecule has 2 aliphatic rings. The third-order valence-corrected chi connectivity index (χ3v) is 3.92. The van der Waals surface area contributed by atoms with Crippen LogP contribution in [0.3, 0.4) is 0 Å². The van der Waals surface area contributed by atoms with E-state index in [1.54, 1.807) is 0 Å². The van der Waals surface area contributed by atoms with Gasteiger partial charge in [0.1, 0.15) is 0 Å². The van der Waals surface area contributed by atoms with Crippen molar-refractivity contribution in [2.24, 2.45) is 16.7 Å². The quantitative estimate of drug-likeness (QED) is 0.504. The molecule has 0 aliphatic heterocycles. The van der Waals surface area contributed by atoms with Gasteiger partial charge in [-0.25, -0.2) is 0 Å². The Bertz CT molecular complexity index is 142. The largest absolute Gasteiger partial charge is 0.0622 e. The predicted octanol–water partition coefficient (Wildman–Crippen LogP) is 2.83. The van der Waals surface area contributed by atoms with Crippen LogP contribution < -0.4 is 0 Å². The maximum Gasteiger partial charge on any atom is -0.0235 e. The Morgan fingerprint density at radius 1 is 1.22 bits per heavy atom. The molecule has 0 bridgehead atoms. The topological polar surface area (TPSA) is 0 Å². The first-order valence-corrected chi connectivity index (χ1v) is 4.11. The highest BCUT2D eigenvalue weighted by Crippen LogP contribution is 2.80. The van der Waals surface area contributed by atoms with E-state index >= 15 is 0 Å². The lowest BCUT2D eigenvalue weighted by atomic mass is 9.91. The van der Waals surface area contributed by atoms with Gasteiger partial charge < -0.3 is 0 Å². The second kappa shape index (κ2) is 1.21. The lowest BCUT2D eigenvalue weighted by Crippen LogP contribution is -2.07. The summed E-state index contributed by atoms with van der Waals surface area (Å²) in [6.07, 6.45) is 4.58. The zero-order valence-electron chi connectivity index (χ0n) is 6.70. The first-order chi connectivity index (χ1) is 4.11. The van der Waals surface area contributed by atoms with E-state index in [0.29, 0.717) is 0 Å². The van der Waals surface area contributed by atoms with E-state index in [9.17, 15) is 0 Å². The summed E-state index contributed by atoms with van der Waals surface area (Å²) in [6.45, 7) is 7.20. The fraction of sp³-hybridized carbons (Fsp3) is 1.00. The van der Waals surface area contributed by atoms with Crippen LogP contribution >= 0.6 is 0 Å². The fourth-order valence-electron chi connectivity index (χ4n) is 2.37. The number of hydrogen-bond donors (Lipinski definition) is 0. The Morgan fingerprint density at radius 2 is 1.78 bits per heavy atom. The highest BCUT2D eigenvalue weighted by molar-refractivity contribution is 5.21. The standard InChI is InChI=1S/C9H16/c1-7(2)8(3)6-9(8)4-5-9/h7H,4-6H2,1-3H3. The molecule has 1 atom stereocenters.